The van der Waals surface area contributed by atoms with Crippen molar-refractivity contribution in [2.24, 2.45) is 0 Å². The molecule has 0 bridgehead atoms. The van der Waals surface area contributed by atoms with Gasteiger partial charge < -0.3 is 10.0 Å². The molecule has 1 aliphatic carbocycles. The summed E-state index contributed by atoms with van der Waals surface area (Å²) in [5, 5.41) is 11.9. The van der Waals surface area contributed by atoms with Crippen molar-refractivity contribution in [1.82, 2.24) is 4.98 Å². The smallest absolute Gasteiger partial charge is 0.137 e. The van der Waals surface area contributed by atoms with Crippen LogP contribution in [-0.2, 0) is 6.61 Å². The first-order chi connectivity index (χ1) is 10.3. The van der Waals surface area contributed by atoms with Gasteiger partial charge in [0.25, 0.3) is 0 Å². The Morgan fingerprint density at radius 2 is 1.95 bits per heavy atom. The van der Waals surface area contributed by atoms with Crippen molar-refractivity contribution in [3.63, 3.8) is 0 Å². The van der Waals surface area contributed by atoms with Crippen molar-refractivity contribution in [3.05, 3.63) is 36.0 Å². The number of fused-ring (bicyclic) bond motifs is 1. The van der Waals surface area contributed by atoms with Gasteiger partial charge in [0.05, 0.1) is 12.3 Å². The molecule has 0 aliphatic heterocycles. The van der Waals surface area contributed by atoms with Crippen molar-refractivity contribution in [2.75, 3.05) is 11.4 Å². The third kappa shape index (κ3) is 2.88. The molecular weight excluding hydrogens is 260 g/mol. The van der Waals surface area contributed by atoms with Crippen LogP contribution in [0.2, 0.25) is 0 Å². The fraction of sp³-hybridized carbons (Fsp3) is 0.500. The molecule has 1 aromatic heterocycles. The third-order valence-corrected chi connectivity index (χ3v) is 4.56. The Labute approximate surface area is 126 Å². The van der Waals surface area contributed by atoms with Crippen molar-refractivity contribution >= 4 is 16.6 Å². The predicted molar refractivity (Wildman–Crippen MR) is 87.6 cm³/mol. The molecule has 1 aromatic carbocycles. The first-order valence-electron chi connectivity index (χ1n) is 8.09. The van der Waals surface area contributed by atoms with Gasteiger partial charge in [-0.05, 0) is 31.2 Å². The van der Waals surface area contributed by atoms with Gasteiger partial charge in [0.2, 0.25) is 0 Å². The van der Waals surface area contributed by atoms with Crippen LogP contribution in [0.5, 0.6) is 0 Å². The number of aromatic nitrogens is 1. The molecule has 112 valence electrons. The van der Waals surface area contributed by atoms with E-state index in [0.29, 0.717) is 6.04 Å². The average molecular weight is 284 g/mol. The van der Waals surface area contributed by atoms with E-state index in [0.717, 1.165) is 18.1 Å². The van der Waals surface area contributed by atoms with Gasteiger partial charge in [-0.2, -0.15) is 0 Å². The second-order valence-electron chi connectivity index (χ2n) is 5.89. The Balaban J connectivity index is 2.07. The normalized spacial score (nSPS) is 16.3. The summed E-state index contributed by atoms with van der Waals surface area (Å²) in [6.45, 7) is 3.17. The van der Waals surface area contributed by atoms with Crippen LogP contribution in [-0.4, -0.2) is 22.7 Å². The van der Waals surface area contributed by atoms with E-state index in [9.17, 15) is 5.11 Å². The van der Waals surface area contributed by atoms with Crippen LogP contribution in [0.1, 0.15) is 44.7 Å². The lowest BCUT2D eigenvalue weighted by Gasteiger charge is -2.35. The summed E-state index contributed by atoms with van der Waals surface area (Å²) in [4.78, 5) is 7.19. The monoisotopic (exact) mass is 284 g/mol. The van der Waals surface area contributed by atoms with Crippen LogP contribution < -0.4 is 4.90 Å². The largest absolute Gasteiger partial charge is 0.390 e. The van der Waals surface area contributed by atoms with Crippen LogP contribution in [0.3, 0.4) is 0 Å². The lowest BCUT2D eigenvalue weighted by Crippen LogP contribution is -2.37. The molecule has 0 unspecified atom stereocenters. The Bertz CT molecular complexity index is 605. The van der Waals surface area contributed by atoms with E-state index < -0.39 is 0 Å². The fourth-order valence-electron chi connectivity index (χ4n) is 3.51. The summed E-state index contributed by atoms with van der Waals surface area (Å²) in [7, 11) is 0. The molecule has 2 aromatic rings. The highest BCUT2D eigenvalue weighted by Gasteiger charge is 2.22. The molecule has 1 aliphatic rings. The zero-order valence-corrected chi connectivity index (χ0v) is 12.8. The maximum atomic E-state index is 9.51. The van der Waals surface area contributed by atoms with Gasteiger partial charge in [-0.3, -0.25) is 0 Å². The van der Waals surface area contributed by atoms with E-state index in [-0.39, 0.29) is 6.61 Å². The highest BCUT2D eigenvalue weighted by atomic mass is 16.3. The Hall–Kier alpha value is -1.61. The van der Waals surface area contributed by atoms with Crippen LogP contribution >= 0.6 is 0 Å². The second kappa shape index (κ2) is 6.44. The minimum atomic E-state index is 0.0000548. The quantitative estimate of drug-likeness (QED) is 0.925. The molecule has 21 heavy (non-hydrogen) atoms. The van der Waals surface area contributed by atoms with Crippen LogP contribution in [0, 0.1) is 0 Å². The summed E-state index contributed by atoms with van der Waals surface area (Å²) in [5.41, 5.74) is 0.762. The fourth-order valence-corrected chi connectivity index (χ4v) is 3.51. The van der Waals surface area contributed by atoms with Gasteiger partial charge in [-0.1, -0.05) is 43.5 Å². The highest BCUT2D eigenvalue weighted by Crippen LogP contribution is 2.31. The molecule has 3 nitrogen and oxygen atoms in total. The zero-order chi connectivity index (χ0) is 14.7. The molecule has 3 rings (SSSR count). The topological polar surface area (TPSA) is 36.4 Å². The molecule has 1 fully saturated rings. The number of hydrogen-bond donors (Lipinski definition) is 1. The number of rotatable bonds is 4. The Morgan fingerprint density at radius 3 is 2.67 bits per heavy atom. The molecule has 1 heterocycles. The molecule has 3 heteroatoms. The van der Waals surface area contributed by atoms with Crippen LogP contribution in [0.4, 0.5) is 5.82 Å². The van der Waals surface area contributed by atoms with Crippen molar-refractivity contribution in [3.8, 4) is 0 Å². The lowest BCUT2D eigenvalue weighted by atomic mass is 9.94. The average Bonchev–Trinajstić information content (AvgIpc) is 2.56. The van der Waals surface area contributed by atoms with Gasteiger partial charge in [-0.15, -0.1) is 0 Å². The first kappa shape index (κ1) is 14.3. The SMILES string of the molecule is CCN(c1nc(CO)cc2ccccc12)C1CCCCC1. The molecule has 0 radical (unpaired) electrons. The van der Waals surface area contributed by atoms with Gasteiger partial charge in [-0.25, -0.2) is 4.98 Å². The van der Waals surface area contributed by atoms with Gasteiger partial charge in [0.15, 0.2) is 0 Å². The summed E-state index contributed by atoms with van der Waals surface area (Å²) in [6, 6.07) is 10.9. The molecular formula is C18H24N2O. The second-order valence-corrected chi connectivity index (χ2v) is 5.89. The van der Waals surface area contributed by atoms with E-state index >= 15 is 0 Å². The molecule has 0 spiro atoms. The minimum absolute atomic E-state index is 0.0000548. The summed E-state index contributed by atoms with van der Waals surface area (Å²) in [6.07, 6.45) is 6.51. The molecule has 0 atom stereocenters. The van der Waals surface area contributed by atoms with Crippen LogP contribution in [0.25, 0.3) is 10.8 Å². The number of hydrogen-bond acceptors (Lipinski definition) is 3. The number of anilines is 1. The van der Waals surface area contributed by atoms with Crippen molar-refractivity contribution < 1.29 is 5.11 Å². The highest BCUT2D eigenvalue weighted by molar-refractivity contribution is 5.92. The number of nitrogens with zero attached hydrogens (tertiary/aromatic N) is 2. The van der Waals surface area contributed by atoms with Crippen LogP contribution in [0.15, 0.2) is 30.3 Å². The summed E-state index contributed by atoms with van der Waals surface area (Å²) >= 11 is 0. The van der Waals surface area contributed by atoms with E-state index in [1.54, 1.807) is 0 Å². The lowest BCUT2D eigenvalue weighted by molar-refractivity contribution is 0.277. The van der Waals surface area contributed by atoms with Gasteiger partial charge >= 0.3 is 0 Å². The molecule has 0 amide bonds. The van der Waals surface area contributed by atoms with Crippen molar-refractivity contribution in [2.45, 2.75) is 51.7 Å². The van der Waals surface area contributed by atoms with Gasteiger partial charge in [0.1, 0.15) is 5.82 Å². The number of pyridine rings is 1. The molecule has 1 N–H and O–H groups in total. The third-order valence-electron chi connectivity index (χ3n) is 4.56. The standard InChI is InChI=1S/C18H24N2O/c1-2-20(16-9-4-3-5-10-16)18-17-11-7-6-8-14(17)12-15(13-21)19-18/h6-8,11-12,16,21H,2-5,9-10,13H2,1H3. The maximum Gasteiger partial charge on any atom is 0.137 e. The number of benzene rings is 1. The number of aliphatic hydroxyl groups excluding tert-OH is 1. The van der Waals surface area contributed by atoms with E-state index in [1.165, 1.54) is 42.9 Å². The first-order valence-corrected chi connectivity index (χ1v) is 8.09. The van der Waals surface area contributed by atoms with E-state index in [1.807, 2.05) is 12.1 Å². The van der Waals surface area contributed by atoms with E-state index in [2.05, 4.69) is 30.0 Å². The van der Waals surface area contributed by atoms with E-state index in [4.69, 9.17) is 4.98 Å². The predicted octanol–water partition coefficient (Wildman–Crippen LogP) is 3.89. The Kier molecular flexibility index (Phi) is 4.39. The number of aliphatic hydroxyl groups is 1. The molecule has 0 saturated heterocycles. The zero-order valence-electron chi connectivity index (χ0n) is 12.8. The Morgan fingerprint density at radius 1 is 1.19 bits per heavy atom. The maximum absolute atomic E-state index is 9.51. The summed E-state index contributed by atoms with van der Waals surface area (Å²) in [5.74, 6) is 1.05. The van der Waals surface area contributed by atoms with Gasteiger partial charge in [0, 0.05) is 18.0 Å². The minimum Gasteiger partial charge on any atom is -0.390 e. The summed E-state index contributed by atoms with van der Waals surface area (Å²) < 4.78 is 0. The molecule has 1 saturated carbocycles. The van der Waals surface area contributed by atoms with Crippen molar-refractivity contribution in [1.29, 1.82) is 0 Å².